The summed E-state index contributed by atoms with van der Waals surface area (Å²) in [5.41, 5.74) is 1.91. The Morgan fingerprint density at radius 2 is 0.815 bits per heavy atom. The average Bonchev–Trinajstić information content (AvgIpc) is 3.25. The summed E-state index contributed by atoms with van der Waals surface area (Å²) in [4.78, 5) is -0.882. The fraction of sp³-hybridized carbons (Fsp3) is 0.538. The number of aryl methyl sites for hydroxylation is 2. The van der Waals surface area contributed by atoms with Gasteiger partial charge in [-0.1, -0.05) is 198 Å². The largest absolute Gasteiger partial charge is 2.00 e. The summed E-state index contributed by atoms with van der Waals surface area (Å²) in [5, 5.41) is 21.4. The first-order valence-electron chi connectivity index (χ1n) is 23.9. The van der Waals surface area contributed by atoms with E-state index in [9.17, 15) is 36.2 Å². The van der Waals surface area contributed by atoms with E-state index in [0.717, 1.165) is 73.9 Å². The Balaban J connectivity index is 0.000000440. The van der Waals surface area contributed by atoms with Gasteiger partial charge in [0, 0.05) is 6.07 Å². The summed E-state index contributed by atoms with van der Waals surface area (Å²) in [5.74, 6) is 0.165. The number of benzene rings is 4. The maximum absolute atomic E-state index is 11.7. The van der Waals surface area contributed by atoms with E-state index in [0.29, 0.717) is 11.5 Å². The molecule has 356 valence electrons. The number of para-hydroxylation sites is 2. The topological polar surface area (TPSA) is 173 Å². The number of aromatic hydroxyl groups is 1. The third-order valence-corrected chi connectivity index (χ3v) is 13.1. The Kier molecular flexibility index (Phi) is 30.1. The molecule has 0 radical (unpaired) electrons. The molecule has 0 aliphatic heterocycles. The molecule has 13 heteroatoms. The molecule has 0 aromatic heterocycles. The fourth-order valence-corrected chi connectivity index (χ4v) is 8.91. The standard InChI is InChI=1S/2C26H38O5S.Ca/c2*1-2-3-4-5-6-7-8-9-10-11-12-13-16-22-17-14-15-18-24(22)31-25-21-23(27)19-20-26(25)32(28,29)30;/h2*14-15,17-21,27H,2-13,16H2,1H3,(H,28,29,30);/q;;+2/p-2. The Bertz CT molecular complexity index is 1970. The molecule has 65 heavy (non-hydrogen) atoms. The molecule has 0 saturated carbocycles. The van der Waals surface area contributed by atoms with Crippen molar-refractivity contribution in [2.75, 3.05) is 0 Å². The number of phenols is 1. The van der Waals surface area contributed by atoms with Gasteiger partial charge in [0.1, 0.15) is 38.0 Å². The van der Waals surface area contributed by atoms with Crippen LogP contribution in [-0.4, -0.2) is 68.8 Å². The quantitative estimate of drug-likeness (QED) is 0.0272. The van der Waals surface area contributed by atoms with Crippen molar-refractivity contribution in [3.8, 4) is 34.5 Å². The van der Waals surface area contributed by atoms with Crippen LogP contribution in [0.15, 0.2) is 94.7 Å². The molecule has 0 amide bonds. The van der Waals surface area contributed by atoms with Crippen molar-refractivity contribution in [1.29, 1.82) is 0 Å². The second kappa shape index (κ2) is 33.6. The number of hydrogen-bond acceptors (Lipinski definition) is 9. The van der Waals surface area contributed by atoms with Gasteiger partial charge in [0.05, 0.1) is 4.90 Å². The van der Waals surface area contributed by atoms with Crippen molar-refractivity contribution in [1.82, 2.24) is 0 Å². The normalized spacial score (nSPS) is 11.4. The molecule has 0 aliphatic carbocycles. The zero-order valence-corrected chi connectivity index (χ0v) is 43.0. The average molecular weight is 963 g/mol. The summed E-state index contributed by atoms with van der Waals surface area (Å²) in [7, 11) is -9.20. The second-order valence-electron chi connectivity index (χ2n) is 16.9. The van der Waals surface area contributed by atoms with Gasteiger partial charge in [-0.2, -0.15) is 8.42 Å². The van der Waals surface area contributed by atoms with Crippen LogP contribution in [0.3, 0.4) is 0 Å². The molecule has 0 bridgehead atoms. The number of rotatable bonds is 32. The van der Waals surface area contributed by atoms with Crippen LogP contribution in [0.1, 0.15) is 179 Å². The summed E-state index contributed by atoms with van der Waals surface area (Å²) in [6.45, 7) is 4.50. The molecule has 0 atom stereocenters. The number of ether oxygens (including phenoxy) is 2. The molecule has 4 aromatic carbocycles. The van der Waals surface area contributed by atoms with E-state index in [1.165, 1.54) is 141 Å². The molecule has 0 heterocycles. The van der Waals surface area contributed by atoms with Gasteiger partial charge < -0.3 is 24.2 Å². The van der Waals surface area contributed by atoms with Crippen LogP contribution in [0.5, 0.6) is 34.5 Å². The van der Waals surface area contributed by atoms with Crippen LogP contribution < -0.4 is 14.6 Å². The molecule has 0 unspecified atom stereocenters. The van der Waals surface area contributed by atoms with Crippen molar-refractivity contribution in [2.24, 2.45) is 0 Å². The zero-order chi connectivity index (χ0) is 46.5. The molecule has 0 spiro atoms. The summed E-state index contributed by atoms with van der Waals surface area (Å²) in [6.07, 6.45) is 32.4. The Labute approximate surface area is 421 Å². The van der Waals surface area contributed by atoms with E-state index in [1.807, 2.05) is 30.3 Å². The molecule has 4 aromatic rings. The molecule has 10 nitrogen and oxygen atoms in total. The van der Waals surface area contributed by atoms with Gasteiger partial charge in [-0.15, -0.1) is 5.75 Å². The maximum atomic E-state index is 11.7. The summed E-state index contributed by atoms with van der Waals surface area (Å²) in [6, 6.07) is 21.5. The molecule has 4 rings (SSSR count). The van der Waals surface area contributed by atoms with Gasteiger partial charge in [0.25, 0.3) is 10.1 Å². The third-order valence-electron chi connectivity index (χ3n) is 11.4. The number of hydrogen-bond donors (Lipinski definition) is 2. The Morgan fingerprint density at radius 3 is 1.20 bits per heavy atom. The smallest absolute Gasteiger partial charge is 0.872 e. The van der Waals surface area contributed by atoms with Crippen molar-refractivity contribution in [2.45, 2.75) is 191 Å². The van der Waals surface area contributed by atoms with Crippen molar-refractivity contribution >= 4 is 58.0 Å². The van der Waals surface area contributed by atoms with Crippen molar-refractivity contribution in [3.05, 3.63) is 96.1 Å². The molecule has 2 N–H and O–H groups in total. The first kappa shape index (κ1) is 58.3. The summed E-state index contributed by atoms with van der Waals surface area (Å²) < 4.78 is 78.7. The van der Waals surface area contributed by atoms with Crippen LogP contribution in [0.25, 0.3) is 0 Å². The number of phenolic OH excluding ortho intramolecular Hbond substituents is 1. The van der Waals surface area contributed by atoms with Gasteiger partial charge in [-0.3, -0.25) is 4.55 Å². The molecule has 0 aliphatic rings. The molecular weight excluding hydrogens is 889 g/mol. The van der Waals surface area contributed by atoms with Crippen LogP contribution >= 0.6 is 0 Å². The van der Waals surface area contributed by atoms with E-state index < -0.39 is 30.9 Å². The monoisotopic (exact) mass is 962 g/mol. The first-order valence-corrected chi connectivity index (χ1v) is 26.8. The minimum absolute atomic E-state index is 0. The fourth-order valence-electron chi connectivity index (χ4n) is 7.73. The van der Waals surface area contributed by atoms with Gasteiger partial charge >= 0.3 is 37.7 Å². The van der Waals surface area contributed by atoms with Crippen LogP contribution in [0.4, 0.5) is 0 Å². The van der Waals surface area contributed by atoms with E-state index in [2.05, 4.69) is 13.8 Å². The SMILES string of the molecule is CCCCCCCCCCCCCCc1ccccc1Oc1cc(O)ccc1S(=O)(=O)O.CCCCCCCCCCCCCCc1ccccc1Oc1cc([O-])ccc1S(=O)(=O)[O-].[Ca+2]. The Hall–Kier alpha value is -2.84. The van der Waals surface area contributed by atoms with Crippen LogP contribution in [0.2, 0.25) is 0 Å². The van der Waals surface area contributed by atoms with Gasteiger partial charge in [0.2, 0.25) is 0 Å². The van der Waals surface area contributed by atoms with Gasteiger partial charge in [0.15, 0.2) is 5.75 Å². The Morgan fingerprint density at radius 1 is 0.462 bits per heavy atom. The van der Waals surface area contributed by atoms with E-state index >= 15 is 0 Å². The molecular formula is C52H74CaO10S2. The van der Waals surface area contributed by atoms with Crippen LogP contribution in [-0.2, 0) is 33.1 Å². The number of unbranched alkanes of at least 4 members (excludes halogenated alkanes) is 22. The molecule has 0 saturated heterocycles. The minimum atomic E-state index is -4.74. The first-order chi connectivity index (χ1) is 30.8. The summed E-state index contributed by atoms with van der Waals surface area (Å²) >= 11 is 0. The predicted octanol–water partition coefficient (Wildman–Crippen LogP) is 14.0. The predicted molar refractivity (Wildman–Crippen MR) is 260 cm³/mol. The van der Waals surface area contributed by atoms with E-state index in [1.54, 1.807) is 18.2 Å². The molecule has 0 fully saturated rings. The third kappa shape index (κ3) is 24.7. The van der Waals surface area contributed by atoms with Gasteiger partial charge in [-0.05, 0) is 73.2 Å². The van der Waals surface area contributed by atoms with Crippen molar-refractivity contribution < 1.29 is 45.6 Å². The maximum Gasteiger partial charge on any atom is 2.00 e. The second-order valence-corrected chi connectivity index (χ2v) is 19.6. The van der Waals surface area contributed by atoms with Crippen molar-refractivity contribution in [3.63, 3.8) is 0 Å². The van der Waals surface area contributed by atoms with Gasteiger partial charge in [-0.25, -0.2) is 8.42 Å². The van der Waals surface area contributed by atoms with E-state index in [-0.39, 0.29) is 59.9 Å². The zero-order valence-electron chi connectivity index (χ0n) is 39.2. The van der Waals surface area contributed by atoms with Crippen LogP contribution in [0, 0.1) is 0 Å². The van der Waals surface area contributed by atoms with E-state index in [4.69, 9.17) is 9.47 Å². The minimum Gasteiger partial charge on any atom is -0.872 e.